The van der Waals surface area contributed by atoms with Crippen molar-refractivity contribution in [3.8, 4) is 39.2 Å². The van der Waals surface area contributed by atoms with Gasteiger partial charge in [-0.25, -0.2) is 4.98 Å². The van der Waals surface area contributed by atoms with Crippen molar-refractivity contribution in [3.63, 3.8) is 0 Å². The monoisotopic (exact) mass is 686 g/mol. The van der Waals surface area contributed by atoms with E-state index in [0.29, 0.717) is 0 Å². The van der Waals surface area contributed by atoms with Gasteiger partial charge in [0, 0.05) is 27.4 Å². The number of hydrogen-bond donors (Lipinski definition) is 0. The van der Waals surface area contributed by atoms with Gasteiger partial charge in [-0.1, -0.05) is 170 Å². The van der Waals surface area contributed by atoms with Crippen LogP contribution in [-0.4, -0.2) is 9.55 Å². The van der Waals surface area contributed by atoms with Crippen LogP contribution in [0.15, 0.2) is 206 Å². The topological polar surface area (TPSA) is 17.8 Å². The summed E-state index contributed by atoms with van der Waals surface area (Å²) in [6, 6.07) is 75.1. The molecule has 11 rings (SSSR count). The highest BCUT2D eigenvalue weighted by molar-refractivity contribution is 6.10. The van der Waals surface area contributed by atoms with Crippen LogP contribution < -0.4 is 0 Å². The first-order chi connectivity index (χ1) is 26.8. The molecule has 0 unspecified atom stereocenters. The average molecular weight is 687 g/mol. The second-order valence-electron chi connectivity index (χ2n) is 14.3. The summed E-state index contributed by atoms with van der Waals surface area (Å²) >= 11 is 0. The molecule has 252 valence electrons. The number of para-hydroxylation sites is 2. The summed E-state index contributed by atoms with van der Waals surface area (Å²) in [7, 11) is 0. The van der Waals surface area contributed by atoms with Crippen molar-refractivity contribution in [2.24, 2.45) is 0 Å². The summed E-state index contributed by atoms with van der Waals surface area (Å²) in [6.45, 7) is 0. The first-order valence-electron chi connectivity index (χ1n) is 18.6. The molecule has 2 heteroatoms. The third-order valence-electron chi connectivity index (χ3n) is 11.5. The molecule has 1 aliphatic carbocycles. The Balaban J connectivity index is 1.12. The molecule has 0 saturated heterocycles. The molecule has 1 aliphatic rings. The lowest BCUT2D eigenvalue weighted by Crippen LogP contribution is -2.28. The number of fused-ring (bicyclic) bond motifs is 7. The van der Waals surface area contributed by atoms with Crippen molar-refractivity contribution in [1.82, 2.24) is 9.55 Å². The van der Waals surface area contributed by atoms with E-state index in [9.17, 15) is 0 Å². The number of rotatable bonds is 5. The van der Waals surface area contributed by atoms with E-state index in [1.54, 1.807) is 0 Å². The van der Waals surface area contributed by atoms with Gasteiger partial charge in [-0.3, -0.25) is 0 Å². The van der Waals surface area contributed by atoms with E-state index in [-0.39, 0.29) is 0 Å². The summed E-state index contributed by atoms with van der Waals surface area (Å²) in [4.78, 5) is 5.15. The molecule has 54 heavy (non-hydrogen) atoms. The smallest absolute Gasteiger partial charge is 0.0715 e. The molecule has 10 aromatic rings. The van der Waals surface area contributed by atoms with Crippen LogP contribution in [0.5, 0.6) is 0 Å². The highest BCUT2D eigenvalue weighted by Crippen LogP contribution is 2.56. The summed E-state index contributed by atoms with van der Waals surface area (Å²) in [5.41, 5.74) is 16.2. The lowest BCUT2D eigenvalue weighted by atomic mass is 9.67. The molecule has 0 fully saturated rings. The Morgan fingerprint density at radius 3 is 1.70 bits per heavy atom. The predicted molar refractivity (Wildman–Crippen MR) is 224 cm³/mol. The summed E-state index contributed by atoms with van der Waals surface area (Å²) < 4.78 is 2.44. The fourth-order valence-electron chi connectivity index (χ4n) is 9.15. The van der Waals surface area contributed by atoms with Crippen molar-refractivity contribution in [1.29, 1.82) is 0 Å². The second kappa shape index (κ2) is 12.0. The third-order valence-corrected chi connectivity index (χ3v) is 11.5. The molecule has 0 saturated carbocycles. The largest absolute Gasteiger partial charge is 0.309 e. The van der Waals surface area contributed by atoms with Gasteiger partial charge in [0.05, 0.1) is 27.7 Å². The fraction of sp³-hybridized carbons (Fsp3) is 0.0192. The minimum atomic E-state index is -0.466. The average Bonchev–Trinajstić information content (AvgIpc) is 3.74. The van der Waals surface area contributed by atoms with Crippen molar-refractivity contribution < 1.29 is 0 Å². The standard InChI is InChI=1S/C52H34N2/c1-3-15-35(16-4-1)45-34-49(53-48-25-13-9-21-42(45)48)36-27-30-39(31-28-36)54-50-26-14-10-22-43(50)44-32-29-38(33-51(44)54)52(37-17-5-2-6-18-37)46-23-11-7-19-40(46)41-20-8-12-24-47(41)52/h1-34H. The zero-order valence-corrected chi connectivity index (χ0v) is 29.5. The molecule has 0 aliphatic heterocycles. The molecule has 2 nitrogen and oxygen atoms in total. The van der Waals surface area contributed by atoms with Gasteiger partial charge in [-0.05, 0) is 80.9 Å². The molecule has 2 heterocycles. The van der Waals surface area contributed by atoms with Crippen LogP contribution in [0, 0.1) is 0 Å². The maximum Gasteiger partial charge on any atom is 0.0715 e. The van der Waals surface area contributed by atoms with Crippen LogP contribution in [-0.2, 0) is 5.41 Å². The van der Waals surface area contributed by atoms with Crippen molar-refractivity contribution in [3.05, 3.63) is 229 Å². The quantitative estimate of drug-likeness (QED) is 0.176. The minimum absolute atomic E-state index is 0.466. The van der Waals surface area contributed by atoms with Gasteiger partial charge in [0.15, 0.2) is 0 Å². The Kier molecular flexibility index (Phi) is 6.80. The molecular formula is C52H34N2. The van der Waals surface area contributed by atoms with Gasteiger partial charge in [-0.15, -0.1) is 0 Å². The Morgan fingerprint density at radius 1 is 0.370 bits per heavy atom. The SMILES string of the molecule is c1ccc(-c2cc(-c3ccc(-n4c5ccccc5c5ccc(C6(c7ccccc7)c7ccccc7-c7ccccc76)cc54)cc3)nc3ccccc23)cc1. The zero-order chi connectivity index (χ0) is 35.6. The predicted octanol–water partition coefficient (Wildman–Crippen LogP) is 13.0. The van der Waals surface area contributed by atoms with E-state index in [2.05, 4.69) is 211 Å². The van der Waals surface area contributed by atoms with Crippen LogP contribution in [0.4, 0.5) is 0 Å². The first-order valence-corrected chi connectivity index (χ1v) is 18.6. The molecule has 0 radical (unpaired) electrons. The third kappa shape index (κ3) is 4.44. The lowest BCUT2D eigenvalue weighted by Gasteiger charge is -2.34. The number of aromatic nitrogens is 2. The summed E-state index contributed by atoms with van der Waals surface area (Å²) in [5.74, 6) is 0. The van der Waals surface area contributed by atoms with Gasteiger partial charge in [-0.2, -0.15) is 0 Å². The Morgan fingerprint density at radius 2 is 0.963 bits per heavy atom. The van der Waals surface area contributed by atoms with E-state index in [4.69, 9.17) is 4.98 Å². The molecule has 0 bridgehead atoms. The Bertz CT molecular complexity index is 2980. The normalized spacial score (nSPS) is 13.0. The molecule has 0 N–H and O–H groups in total. The first kappa shape index (κ1) is 30.6. The fourth-order valence-corrected chi connectivity index (χ4v) is 9.15. The van der Waals surface area contributed by atoms with Gasteiger partial charge in [0.2, 0.25) is 0 Å². The minimum Gasteiger partial charge on any atom is -0.309 e. The van der Waals surface area contributed by atoms with E-state index >= 15 is 0 Å². The summed E-state index contributed by atoms with van der Waals surface area (Å²) in [6.07, 6.45) is 0. The van der Waals surface area contributed by atoms with E-state index in [0.717, 1.165) is 27.8 Å². The van der Waals surface area contributed by atoms with E-state index < -0.39 is 5.41 Å². The van der Waals surface area contributed by atoms with Crippen LogP contribution in [0.3, 0.4) is 0 Å². The molecular weight excluding hydrogens is 653 g/mol. The van der Waals surface area contributed by atoms with E-state index in [1.165, 1.54) is 66.3 Å². The van der Waals surface area contributed by atoms with Gasteiger partial charge in [0.25, 0.3) is 0 Å². The van der Waals surface area contributed by atoms with Gasteiger partial charge < -0.3 is 4.57 Å². The van der Waals surface area contributed by atoms with Gasteiger partial charge in [0.1, 0.15) is 0 Å². The van der Waals surface area contributed by atoms with Crippen molar-refractivity contribution in [2.75, 3.05) is 0 Å². The number of benzene rings is 8. The maximum atomic E-state index is 5.15. The van der Waals surface area contributed by atoms with E-state index in [1.807, 2.05) is 0 Å². The second-order valence-corrected chi connectivity index (χ2v) is 14.3. The van der Waals surface area contributed by atoms with Crippen LogP contribution >= 0.6 is 0 Å². The molecule has 0 spiro atoms. The molecule has 0 atom stereocenters. The zero-order valence-electron chi connectivity index (χ0n) is 29.5. The Hall–Kier alpha value is -7.03. The number of hydrogen-bond acceptors (Lipinski definition) is 1. The summed E-state index contributed by atoms with van der Waals surface area (Å²) in [5, 5.41) is 3.64. The van der Waals surface area contributed by atoms with Gasteiger partial charge >= 0.3 is 0 Å². The number of nitrogens with zero attached hydrogens (tertiary/aromatic N) is 2. The Labute approximate surface area is 314 Å². The van der Waals surface area contributed by atoms with Crippen LogP contribution in [0.25, 0.3) is 71.9 Å². The molecule has 8 aromatic carbocycles. The van der Waals surface area contributed by atoms with Crippen LogP contribution in [0.1, 0.15) is 22.3 Å². The maximum absolute atomic E-state index is 5.15. The van der Waals surface area contributed by atoms with Crippen molar-refractivity contribution >= 4 is 32.7 Å². The number of pyridine rings is 1. The van der Waals surface area contributed by atoms with Crippen LogP contribution in [0.2, 0.25) is 0 Å². The molecule has 0 amide bonds. The lowest BCUT2D eigenvalue weighted by molar-refractivity contribution is 0.769. The highest BCUT2D eigenvalue weighted by Gasteiger charge is 2.46. The molecule has 2 aromatic heterocycles. The van der Waals surface area contributed by atoms with Crippen molar-refractivity contribution in [2.45, 2.75) is 5.41 Å². The highest BCUT2D eigenvalue weighted by atomic mass is 15.0.